The van der Waals surface area contributed by atoms with Crippen molar-refractivity contribution < 1.29 is 4.79 Å². The predicted molar refractivity (Wildman–Crippen MR) is 111 cm³/mol. The third-order valence-corrected chi connectivity index (χ3v) is 6.09. The molecule has 146 valence electrons. The smallest absolute Gasteiger partial charge is 0.257 e. The van der Waals surface area contributed by atoms with Crippen LogP contribution in [0.5, 0.6) is 0 Å². The highest BCUT2D eigenvalue weighted by molar-refractivity contribution is 7.99. The second-order valence-electron chi connectivity index (χ2n) is 7.68. The van der Waals surface area contributed by atoms with Gasteiger partial charge in [-0.25, -0.2) is 4.98 Å². The number of pyridine rings is 1. The van der Waals surface area contributed by atoms with E-state index in [9.17, 15) is 9.59 Å². The molecule has 3 heterocycles. The number of aromatic nitrogens is 3. The summed E-state index contributed by atoms with van der Waals surface area (Å²) in [6, 6.07) is 3.76. The van der Waals surface area contributed by atoms with Crippen molar-refractivity contribution in [2.24, 2.45) is 5.92 Å². The zero-order valence-electron chi connectivity index (χ0n) is 16.1. The number of carbonyl (C=O) groups is 1. The van der Waals surface area contributed by atoms with Crippen molar-refractivity contribution in [3.05, 3.63) is 57.3 Å². The Bertz CT molecular complexity index is 982. The average molecular weight is 397 g/mol. The van der Waals surface area contributed by atoms with E-state index in [1.165, 1.54) is 0 Å². The quantitative estimate of drug-likeness (QED) is 0.589. The SMILES string of the molecule is CC(C)CCSc1nc2c(c(=O)[nH]1)[C@H](c1cccnc1)C1=C(CCCC1=O)N2. The summed E-state index contributed by atoms with van der Waals surface area (Å²) in [7, 11) is 0. The molecule has 1 aliphatic heterocycles. The maximum Gasteiger partial charge on any atom is 0.257 e. The summed E-state index contributed by atoms with van der Waals surface area (Å²) in [6.45, 7) is 4.36. The molecule has 2 aromatic heterocycles. The molecule has 0 bridgehead atoms. The number of fused-ring (bicyclic) bond motifs is 1. The fourth-order valence-electron chi connectivity index (χ4n) is 3.78. The van der Waals surface area contributed by atoms with E-state index in [4.69, 9.17) is 4.98 Å². The van der Waals surface area contributed by atoms with Crippen molar-refractivity contribution in [3.63, 3.8) is 0 Å². The minimum absolute atomic E-state index is 0.100. The molecule has 2 aliphatic rings. The fourth-order valence-corrected chi connectivity index (χ4v) is 4.88. The van der Waals surface area contributed by atoms with Gasteiger partial charge in [0.1, 0.15) is 5.82 Å². The van der Waals surface area contributed by atoms with Crippen molar-refractivity contribution in [2.45, 2.75) is 50.6 Å². The van der Waals surface area contributed by atoms with Crippen LogP contribution in [0.3, 0.4) is 0 Å². The number of anilines is 1. The Balaban J connectivity index is 1.79. The van der Waals surface area contributed by atoms with E-state index < -0.39 is 5.92 Å². The molecule has 0 unspecified atom stereocenters. The summed E-state index contributed by atoms with van der Waals surface area (Å²) in [5.41, 5.74) is 2.76. The summed E-state index contributed by atoms with van der Waals surface area (Å²) < 4.78 is 0. The van der Waals surface area contributed by atoms with Gasteiger partial charge in [0, 0.05) is 41.8 Å². The lowest BCUT2D eigenvalue weighted by molar-refractivity contribution is -0.116. The Morgan fingerprint density at radius 3 is 2.89 bits per heavy atom. The van der Waals surface area contributed by atoms with Crippen LogP contribution < -0.4 is 10.9 Å². The number of rotatable bonds is 5. The molecule has 0 saturated carbocycles. The highest BCUT2D eigenvalue weighted by Crippen LogP contribution is 2.43. The van der Waals surface area contributed by atoms with Crippen LogP contribution in [-0.2, 0) is 4.79 Å². The lowest BCUT2D eigenvalue weighted by atomic mass is 9.77. The Labute approximate surface area is 168 Å². The van der Waals surface area contributed by atoms with E-state index in [0.29, 0.717) is 34.4 Å². The number of nitrogens with one attached hydrogen (secondary N) is 2. The lowest BCUT2D eigenvalue weighted by Gasteiger charge is -2.32. The molecule has 1 atom stereocenters. The number of Topliss-reactive ketones (excluding diaryl/α,β-unsaturated/α-hetero) is 1. The monoisotopic (exact) mass is 396 g/mol. The van der Waals surface area contributed by atoms with Gasteiger partial charge in [-0.3, -0.25) is 14.6 Å². The van der Waals surface area contributed by atoms with Crippen molar-refractivity contribution >= 4 is 23.4 Å². The zero-order chi connectivity index (χ0) is 19.7. The molecule has 7 heteroatoms. The van der Waals surface area contributed by atoms with Crippen LogP contribution >= 0.6 is 11.8 Å². The standard InChI is InChI=1S/C21H24N4O2S/c1-12(2)8-10-28-21-24-19-18(20(27)25-21)16(13-5-4-9-22-11-13)17-14(23-19)6-3-7-15(17)26/h4-5,9,11-12,16H,3,6-8,10H2,1-2H3,(H2,23,24,25,27)/t16-/m1/s1. The number of thioether (sulfide) groups is 1. The van der Waals surface area contributed by atoms with Gasteiger partial charge in [0.05, 0.1) is 5.56 Å². The van der Waals surface area contributed by atoms with E-state index in [0.717, 1.165) is 36.3 Å². The number of allylic oxidation sites excluding steroid dienone is 2. The lowest BCUT2D eigenvalue weighted by Crippen LogP contribution is -2.32. The Morgan fingerprint density at radius 1 is 1.29 bits per heavy atom. The van der Waals surface area contributed by atoms with Gasteiger partial charge >= 0.3 is 0 Å². The van der Waals surface area contributed by atoms with Crippen LogP contribution in [0.4, 0.5) is 5.82 Å². The van der Waals surface area contributed by atoms with Gasteiger partial charge in [-0.2, -0.15) is 0 Å². The maximum atomic E-state index is 13.0. The summed E-state index contributed by atoms with van der Waals surface area (Å²) in [4.78, 5) is 37.6. The summed E-state index contributed by atoms with van der Waals surface area (Å²) >= 11 is 1.56. The Hall–Kier alpha value is -2.41. The molecule has 0 fully saturated rings. The van der Waals surface area contributed by atoms with E-state index in [1.54, 1.807) is 24.2 Å². The van der Waals surface area contributed by atoms with Gasteiger partial charge in [-0.1, -0.05) is 31.7 Å². The van der Waals surface area contributed by atoms with Gasteiger partial charge < -0.3 is 10.3 Å². The second-order valence-corrected chi connectivity index (χ2v) is 8.76. The van der Waals surface area contributed by atoms with E-state index in [-0.39, 0.29) is 11.3 Å². The maximum absolute atomic E-state index is 13.0. The van der Waals surface area contributed by atoms with Gasteiger partial charge in [0.15, 0.2) is 10.9 Å². The van der Waals surface area contributed by atoms with Crippen LogP contribution in [0.15, 0.2) is 45.7 Å². The molecular weight excluding hydrogens is 372 g/mol. The first-order chi connectivity index (χ1) is 13.5. The molecule has 0 spiro atoms. The number of aromatic amines is 1. The first kappa shape index (κ1) is 18.9. The van der Waals surface area contributed by atoms with Gasteiger partial charge in [0.2, 0.25) is 0 Å². The van der Waals surface area contributed by atoms with Crippen molar-refractivity contribution in [1.29, 1.82) is 0 Å². The number of hydrogen-bond donors (Lipinski definition) is 2. The molecule has 0 amide bonds. The minimum atomic E-state index is -0.418. The van der Waals surface area contributed by atoms with Crippen LogP contribution in [0, 0.1) is 5.92 Å². The van der Waals surface area contributed by atoms with Crippen molar-refractivity contribution in [2.75, 3.05) is 11.1 Å². The number of hydrogen-bond acceptors (Lipinski definition) is 6. The second kappa shape index (κ2) is 7.91. The first-order valence-electron chi connectivity index (χ1n) is 9.74. The molecule has 6 nitrogen and oxygen atoms in total. The number of nitrogens with zero attached hydrogens (tertiary/aromatic N) is 2. The molecule has 0 aromatic carbocycles. The molecular formula is C21H24N4O2S. The van der Waals surface area contributed by atoms with Crippen molar-refractivity contribution in [1.82, 2.24) is 15.0 Å². The third-order valence-electron chi connectivity index (χ3n) is 5.19. The summed E-state index contributed by atoms with van der Waals surface area (Å²) in [5, 5.41) is 3.92. The zero-order valence-corrected chi connectivity index (χ0v) is 16.9. The van der Waals surface area contributed by atoms with Gasteiger partial charge in [0.25, 0.3) is 5.56 Å². The molecule has 0 saturated heterocycles. The normalized spacial score (nSPS) is 18.7. The molecule has 4 rings (SSSR count). The molecule has 0 radical (unpaired) electrons. The van der Waals surface area contributed by atoms with Gasteiger partial charge in [-0.05, 0) is 36.8 Å². The van der Waals surface area contributed by atoms with Crippen LogP contribution in [0.25, 0.3) is 0 Å². The highest BCUT2D eigenvalue weighted by atomic mass is 32.2. The van der Waals surface area contributed by atoms with E-state index in [1.807, 2.05) is 12.1 Å². The van der Waals surface area contributed by atoms with Crippen LogP contribution in [-0.4, -0.2) is 26.5 Å². The van der Waals surface area contributed by atoms with Gasteiger partial charge in [-0.15, -0.1) is 0 Å². The topological polar surface area (TPSA) is 87.7 Å². The van der Waals surface area contributed by atoms with Crippen LogP contribution in [0.2, 0.25) is 0 Å². The van der Waals surface area contributed by atoms with E-state index >= 15 is 0 Å². The number of H-pyrrole nitrogens is 1. The summed E-state index contributed by atoms with van der Waals surface area (Å²) in [6.07, 6.45) is 6.61. The predicted octanol–water partition coefficient (Wildman–Crippen LogP) is 3.87. The highest BCUT2D eigenvalue weighted by Gasteiger charge is 2.37. The van der Waals surface area contributed by atoms with Crippen LogP contribution in [0.1, 0.15) is 56.6 Å². The van der Waals surface area contributed by atoms with E-state index in [2.05, 4.69) is 29.1 Å². The first-order valence-corrected chi connectivity index (χ1v) is 10.7. The largest absolute Gasteiger partial charge is 0.343 e. The number of ketones is 1. The minimum Gasteiger partial charge on any atom is -0.343 e. The molecule has 28 heavy (non-hydrogen) atoms. The average Bonchev–Trinajstić information content (AvgIpc) is 2.67. The number of carbonyl (C=O) groups excluding carboxylic acids is 1. The van der Waals surface area contributed by atoms with Crippen molar-refractivity contribution in [3.8, 4) is 0 Å². The fraction of sp³-hybridized carbons (Fsp3) is 0.429. The summed E-state index contributed by atoms with van der Waals surface area (Å²) in [5.74, 6) is 1.75. The molecule has 2 aromatic rings. The molecule has 1 aliphatic carbocycles. The Morgan fingerprint density at radius 2 is 2.14 bits per heavy atom. The third kappa shape index (κ3) is 3.63. The Kier molecular flexibility index (Phi) is 5.35. The molecule has 2 N–H and O–H groups in total.